The van der Waals surface area contributed by atoms with Gasteiger partial charge in [-0.15, -0.1) is 0 Å². The zero-order valence-corrected chi connectivity index (χ0v) is 14.6. The van der Waals surface area contributed by atoms with Crippen LogP contribution in [0, 0.1) is 23.7 Å². The van der Waals surface area contributed by atoms with Gasteiger partial charge in [0.1, 0.15) is 5.75 Å². The zero-order valence-electron chi connectivity index (χ0n) is 14.6. The number of hydrogen-bond acceptors (Lipinski definition) is 2. The Morgan fingerprint density at radius 2 is 2.04 bits per heavy atom. The van der Waals surface area contributed by atoms with Gasteiger partial charge in [0.2, 0.25) is 0 Å². The van der Waals surface area contributed by atoms with Crippen molar-refractivity contribution in [2.75, 3.05) is 6.54 Å². The van der Waals surface area contributed by atoms with Crippen LogP contribution >= 0.6 is 0 Å². The van der Waals surface area contributed by atoms with Crippen molar-refractivity contribution in [3.63, 3.8) is 0 Å². The summed E-state index contributed by atoms with van der Waals surface area (Å²) in [7, 11) is 0. The number of phenolic OH excluding ortho intramolecular Hbond substituents is 1. The van der Waals surface area contributed by atoms with E-state index in [0.29, 0.717) is 11.8 Å². The fourth-order valence-corrected chi connectivity index (χ4v) is 5.05. The Morgan fingerprint density at radius 1 is 1.22 bits per heavy atom. The maximum atomic E-state index is 9.59. The van der Waals surface area contributed by atoms with E-state index < -0.39 is 0 Å². The molecule has 2 fully saturated rings. The summed E-state index contributed by atoms with van der Waals surface area (Å²) in [5, 5.41) is 13.4. The molecule has 0 heterocycles. The van der Waals surface area contributed by atoms with Gasteiger partial charge in [0.25, 0.3) is 0 Å². The van der Waals surface area contributed by atoms with Crippen LogP contribution in [0.5, 0.6) is 5.75 Å². The van der Waals surface area contributed by atoms with Crippen molar-refractivity contribution < 1.29 is 5.11 Å². The Labute approximate surface area is 141 Å². The lowest BCUT2D eigenvalue weighted by Gasteiger charge is -2.46. The summed E-state index contributed by atoms with van der Waals surface area (Å²) in [5.41, 5.74) is 2.15. The molecule has 23 heavy (non-hydrogen) atoms. The van der Waals surface area contributed by atoms with E-state index in [0.717, 1.165) is 47.8 Å². The van der Waals surface area contributed by atoms with Gasteiger partial charge in [0.05, 0.1) is 0 Å². The van der Waals surface area contributed by atoms with Gasteiger partial charge < -0.3 is 10.4 Å². The monoisotopic (exact) mass is 313 g/mol. The molecule has 5 unspecified atom stereocenters. The summed E-state index contributed by atoms with van der Waals surface area (Å²) in [6, 6.07) is 8.10. The van der Waals surface area contributed by atoms with Gasteiger partial charge in [0, 0.05) is 6.04 Å². The molecule has 2 aliphatic carbocycles. The van der Waals surface area contributed by atoms with E-state index >= 15 is 0 Å². The molecule has 1 aromatic rings. The third kappa shape index (κ3) is 3.98. The molecular weight excluding hydrogens is 282 g/mol. The molecule has 2 N–H and O–H groups in total. The third-order valence-corrected chi connectivity index (χ3v) is 5.96. The number of hydrogen-bond donors (Lipinski definition) is 2. The van der Waals surface area contributed by atoms with E-state index in [1.54, 1.807) is 12.1 Å². The van der Waals surface area contributed by atoms with Gasteiger partial charge in [-0.3, -0.25) is 0 Å². The minimum Gasteiger partial charge on any atom is -0.508 e. The smallest absolute Gasteiger partial charge is 0.116 e. The summed E-state index contributed by atoms with van der Waals surface area (Å²) in [4.78, 5) is 0. The maximum Gasteiger partial charge on any atom is 0.116 e. The molecule has 0 saturated heterocycles. The normalized spacial score (nSPS) is 33.4. The molecular formula is C21H31NO. The minimum atomic E-state index is 0.319. The fraction of sp³-hybridized carbons (Fsp3) is 0.619. The van der Waals surface area contributed by atoms with Crippen LogP contribution < -0.4 is 5.32 Å². The highest BCUT2D eigenvalue weighted by atomic mass is 16.3. The van der Waals surface area contributed by atoms with Crippen molar-refractivity contribution in [1.82, 2.24) is 5.32 Å². The molecule has 5 atom stereocenters. The molecule has 0 spiro atoms. The largest absolute Gasteiger partial charge is 0.508 e. The zero-order chi connectivity index (χ0) is 16.4. The van der Waals surface area contributed by atoms with E-state index in [-0.39, 0.29) is 0 Å². The van der Waals surface area contributed by atoms with Gasteiger partial charge in [-0.25, -0.2) is 0 Å². The van der Waals surface area contributed by atoms with Crippen LogP contribution in [0.15, 0.2) is 30.8 Å². The second-order valence-electron chi connectivity index (χ2n) is 8.04. The molecule has 1 aromatic carbocycles. The van der Waals surface area contributed by atoms with Crippen LogP contribution in [0.4, 0.5) is 0 Å². The summed E-state index contributed by atoms with van der Waals surface area (Å²) >= 11 is 0. The van der Waals surface area contributed by atoms with Gasteiger partial charge in [-0.2, -0.15) is 0 Å². The number of rotatable bonds is 5. The number of aromatic hydroxyl groups is 1. The SMILES string of the molecule is C=C(CCNC1C(C)CC2CC(C)CC1C2)c1cccc(O)c1. The van der Waals surface area contributed by atoms with Crippen molar-refractivity contribution in [1.29, 1.82) is 0 Å². The third-order valence-electron chi connectivity index (χ3n) is 5.96. The Bertz CT molecular complexity index is 549. The summed E-state index contributed by atoms with van der Waals surface area (Å²) in [6.07, 6.45) is 6.61. The van der Waals surface area contributed by atoms with Crippen molar-refractivity contribution in [3.8, 4) is 5.75 Å². The molecule has 2 aliphatic rings. The van der Waals surface area contributed by atoms with Crippen LogP contribution in [0.3, 0.4) is 0 Å². The van der Waals surface area contributed by atoms with Crippen LogP contribution in [0.1, 0.15) is 51.5 Å². The molecule has 3 rings (SSSR count). The molecule has 126 valence electrons. The van der Waals surface area contributed by atoms with E-state index in [4.69, 9.17) is 0 Å². The minimum absolute atomic E-state index is 0.319. The highest BCUT2D eigenvalue weighted by molar-refractivity contribution is 5.64. The molecule has 0 aliphatic heterocycles. The van der Waals surface area contributed by atoms with Gasteiger partial charge in [-0.1, -0.05) is 32.6 Å². The predicted molar refractivity (Wildman–Crippen MR) is 97.3 cm³/mol. The number of nitrogens with one attached hydrogen (secondary N) is 1. The lowest BCUT2D eigenvalue weighted by atomic mass is 9.63. The first-order valence-electron chi connectivity index (χ1n) is 9.23. The van der Waals surface area contributed by atoms with Crippen LogP contribution in [0.2, 0.25) is 0 Å². The van der Waals surface area contributed by atoms with Crippen molar-refractivity contribution in [2.45, 2.75) is 52.0 Å². The lowest BCUT2D eigenvalue weighted by molar-refractivity contribution is 0.0707. The van der Waals surface area contributed by atoms with Gasteiger partial charge >= 0.3 is 0 Å². The van der Waals surface area contributed by atoms with Crippen LogP contribution in [-0.4, -0.2) is 17.7 Å². The number of phenols is 1. The topological polar surface area (TPSA) is 32.3 Å². The first kappa shape index (κ1) is 16.6. The van der Waals surface area contributed by atoms with E-state index in [1.807, 2.05) is 12.1 Å². The second-order valence-corrected chi connectivity index (χ2v) is 8.04. The Morgan fingerprint density at radius 3 is 2.83 bits per heavy atom. The van der Waals surface area contributed by atoms with Gasteiger partial charge in [0.15, 0.2) is 0 Å². The maximum absolute atomic E-state index is 9.59. The first-order chi connectivity index (χ1) is 11.0. The molecule has 0 amide bonds. The first-order valence-corrected chi connectivity index (χ1v) is 9.23. The second kappa shape index (κ2) is 7.09. The van der Waals surface area contributed by atoms with Crippen molar-refractivity contribution >= 4 is 5.57 Å². The summed E-state index contributed by atoms with van der Waals surface area (Å²) < 4.78 is 0. The summed E-state index contributed by atoms with van der Waals surface area (Å²) in [5.74, 6) is 3.85. The van der Waals surface area contributed by atoms with Crippen molar-refractivity contribution in [2.24, 2.45) is 23.7 Å². The standard InChI is InChI=1S/C21H31NO/c1-14-9-17-11-16(3)21(19(10-14)12-17)22-8-7-15(2)18-5-4-6-20(23)13-18/h4-6,13-14,16-17,19,21-23H,2,7-12H2,1,3H3. The molecule has 2 heteroatoms. The van der Waals surface area contributed by atoms with Crippen LogP contribution in [0.25, 0.3) is 5.57 Å². The highest BCUT2D eigenvalue weighted by Crippen LogP contribution is 2.44. The fourth-order valence-electron chi connectivity index (χ4n) is 5.05. The van der Waals surface area contributed by atoms with E-state index in [1.165, 1.54) is 25.7 Å². The molecule has 2 saturated carbocycles. The predicted octanol–water partition coefficient (Wildman–Crippen LogP) is 4.85. The molecule has 0 aromatic heterocycles. The molecule has 0 radical (unpaired) electrons. The molecule has 2 bridgehead atoms. The highest BCUT2D eigenvalue weighted by Gasteiger charge is 2.39. The summed E-state index contributed by atoms with van der Waals surface area (Å²) in [6.45, 7) is 10.0. The van der Waals surface area contributed by atoms with E-state index in [9.17, 15) is 5.11 Å². The average molecular weight is 313 g/mol. The average Bonchev–Trinajstić information content (AvgIpc) is 2.49. The number of fused-ring (bicyclic) bond motifs is 2. The van der Waals surface area contributed by atoms with Crippen LogP contribution in [-0.2, 0) is 0 Å². The Balaban J connectivity index is 1.52. The van der Waals surface area contributed by atoms with Gasteiger partial charge in [-0.05, 0) is 85.6 Å². The van der Waals surface area contributed by atoms with Crippen molar-refractivity contribution in [3.05, 3.63) is 36.4 Å². The Hall–Kier alpha value is -1.28. The molecule has 2 nitrogen and oxygen atoms in total. The number of benzene rings is 1. The quantitative estimate of drug-likeness (QED) is 0.815. The lowest BCUT2D eigenvalue weighted by Crippen LogP contribution is -2.49. The van der Waals surface area contributed by atoms with E-state index in [2.05, 4.69) is 25.7 Å². The Kier molecular flexibility index (Phi) is 5.11.